The van der Waals surface area contributed by atoms with Crippen molar-refractivity contribution in [3.8, 4) is 0 Å². The second-order valence-electron chi connectivity index (χ2n) is 2.66. The van der Waals surface area contributed by atoms with Crippen molar-refractivity contribution in [1.82, 2.24) is 10.4 Å². The number of hydrogen-bond acceptors (Lipinski definition) is 3. The summed E-state index contributed by atoms with van der Waals surface area (Å²) in [6.45, 7) is 3.65. The molecule has 0 bridgehead atoms. The van der Waals surface area contributed by atoms with Gasteiger partial charge in [-0.2, -0.15) is 0 Å². The summed E-state index contributed by atoms with van der Waals surface area (Å²) in [5, 5.41) is 0.484. The topological polar surface area (TPSA) is 50.9 Å². The minimum absolute atomic E-state index is 0.0577. The standard InChI is InChI=1S/C9H12ClN3/c1-2-3-8(13-11)7-4-5-9(10)12-6-7/h2,4-6,8,13H,1,3,11H2. The number of nitrogens with one attached hydrogen (secondary N) is 1. The number of hydrazine groups is 1. The maximum Gasteiger partial charge on any atom is 0.129 e. The van der Waals surface area contributed by atoms with E-state index in [1.807, 2.05) is 6.07 Å². The van der Waals surface area contributed by atoms with Gasteiger partial charge in [0.2, 0.25) is 0 Å². The van der Waals surface area contributed by atoms with E-state index in [0.29, 0.717) is 5.15 Å². The van der Waals surface area contributed by atoms with Gasteiger partial charge < -0.3 is 0 Å². The molecule has 1 atom stereocenters. The van der Waals surface area contributed by atoms with Crippen molar-refractivity contribution in [1.29, 1.82) is 0 Å². The minimum Gasteiger partial charge on any atom is -0.271 e. The van der Waals surface area contributed by atoms with Crippen molar-refractivity contribution >= 4 is 11.6 Å². The highest BCUT2D eigenvalue weighted by Crippen LogP contribution is 2.16. The summed E-state index contributed by atoms with van der Waals surface area (Å²) in [7, 11) is 0. The predicted molar refractivity (Wildman–Crippen MR) is 54.1 cm³/mol. The first-order valence-electron chi connectivity index (χ1n) is 3.96. The Hall–Kier alpha value is -0.900. The minimum atomic E-state index is 0.0577. The lowest BCUT2D eigenvalue weighted by Gasteiger charge is -2.13. The molecule has 1 aromatic heterocycles. The molecule has 0 aliphatic rings. The van der Waals surface area contributed by atoms with Gasteiger partial charge >= 0.3 is 0 Å². The number of pyridine rings is 1. The van der Waals surface area contributed by atoms with Crippen LogP contribution in [0.25, 0.3) is 0 Å². The Bertz CT molecular complexity index is 271. The van der Waals surface area contributed by atoms with E-state index in [-0.39, 0.29) is 6.04 Å². The molecule has 0 aliphatic carbocycles. The van der Waals surface area contributed by atoms with Crippen LogP contribution in [0.1, 0.15) is 18.0 Å². The van der Waals surface area contributed by atoms with E-state index in [1.54, 1.807) is 18.3 Å². The number of aromatic nitrogens is 1. The molecule has 1 heterocycles. The van der Waals surface area contributed by atoms with Crippen molar-refractivity contribution in [3.63, 3.8) is 0 Å². The molecule has 3 nitrogen and oxygen atoms in total. The molecule has 70 valence electrons. The molecule has 0 aliphatic heterocycles. The van der Waals surface area contributed by atoms with Gasteiger partial charge in [-0.3, -0.25) is 11.3 Å². The Labute approximate surface area is 82.6 Å². The van der Waals surface area contributed by atoms with Gasteiger partial charge in [0.1, 0.15) is 5.15 Å². The van der Waals surface area contributed by atoms with Crippen molar-refractivity contribution in [2.75, 3.05) is 0 Å². The zero-order chi connectivity index (χ0) is 9.68. The van der Waals surface area contributed by atoms with Crippen LogP contribution in [0.15, 0.2) is 31.0 Å². The number of halogens is 1. The molecule has 3 N–H and O–H groups in total. The molecule has 1 rings (SSSR count). The van der Waals surface area contributed by atoms with Gasteiger partial charge in [0, 0.05) is 6.20 Å². The molecule has 1 aromatic rings. The van der Waals surface area contributed by atoms with E-state index in [1.165, 1.54) is 0 Å². The molecule has 13 heavy (non-hydrogen) atoms. The van der Waals surface area contributed by atoms with Crippen LogP contribution >= 0.6 is 11.6 Å². The van der Waals surface area contributed by atoms with E-state index >= 15 is 0 Å². The summed E-state index contributed by atoms with van der Waals surface area (Å²) in [6.07, 6.45) is 4.27. The predicted octanol–water partition coefficient (Wildman–Crippen LogP) is 1.82. The normalized spacial score (nSPS) is 12.5. The highest BCUT2D eigenvalue weighted by atomic mass is 35.5. The zero-order valence-corrected chi connectivity index (χ0v) is 7.96. The lowest BCUT2D eigenvalue weighted by Crippen LogP contribution is -2.27. The van der Waals surface area contributed by atoms with Gasteiger partial charge in [0.15, 0.2) is 0 Å². The average molecular weight is 198 g/mol. The Balaban J connectivity index is 2.78. The first-order valence-corrected chi connectivity index (χ1v) is 4.34. The van der Waals surface area contributed by atoms with E-state index in [4.69, 9.17) is 17.4 Å². The van der Waals surface area contributed by atoms with Crippen LogP contribution in [0.2, 0.25) is 5.15 Å². The summed E-state index contributed by atoms with van der Waals surface area (Å²) < 4.78 is 0. The molecule has 0 amide bonds. The third-order valence-corrected chi connectivity index (χ3v) is 1.98. The lowest BCUT2D eigenvalue weighted by atomic mass is 10.1. The van der Waals surface area contributed by atoms with Crippen LogP contribution in [0.4, 0.5) is 0 Å². The number of rotatable bonds is 4. The SMILES string of the molecule is C=CCC(NN)c1ccc(Cl)nc1. The quantitative estimate of drug-likeness (QED) is 0.335. The smallest absolute Gasteiger partial charge is 0.129 e. The molecular formula is C9H12ClN3. The summed E-state index contributed by atoms with van der Waals surface area (Å²) in [5.41, 5.74) is 3.69. The number of hydrogen-bond donors (Lipinski definition) is 2. The monoisotopic (exact) mass is 197 g/mol. The summed E-state index contributed by atoms with van der Waals surface area (Å²) >= 11 is 5.65. The third-order valence-electron chi connectivity index (χ3n) is 1.76. The van der Waals surface area contributed by atoms with Crippen LogP contribution in [-0.4, -0.2) is 4.98 Å². The van der Waals surface area contributed by atoms with Gasteiger partial charge in [-0.05, 0) is 18.1 Å². The Kier molecular flexibility index (Phi) is 3.89. The molecule has 0 aromatic carbocycles. The number of nitrogens with two attached hydrogens (primary N) is 1. The van der Waals surface area contributed by atoms with E-state index in [9.17, 15) is 0 Å². The first-order chi connectivity index (χ1) is 6.27. The molecule has 0 fully saturated rings. The highest BCUT2D eigenvalue weighted by Gasteiger charge is 2.06. The third kappa shape index (κ3) is 2.81. The van der Waals surface area contributed by atoms with E-state index < -0.39 is 0 Å². The van der Waals surface area contributed by atoms with Crippen molar-refractivity contribution < 1.29 is 0 Å². The Morgan fingerprint density at radius 3 is 2.92 bits per heavy atom. The lowest BCUT2D eigenvalue weighted by molar-refractivity contribution is 0.560. The van der Waals surface area contributed by atoms with Gasteiger partial charge in [0.05, 0.1) is 6.04 Å². The molecule has 1 unspecified atom stereocenters. The first kappa shape index (κ1) is 10.2. The average Bonchev–Trinajstić information content (AvgIpc) is 2.16. The summed E-state index contributed by atoms with van der Waals surface area (Å²) in [5.74, 6) is 5.37. The van der Waals surface area contributed by atoms with Gasteiger partial charge in [-0.25, -0.2) is 4.98 Å². The van der Waals surface area contributed by atoms with Crippen molar-refractivity contribution in [2.45, 2.75) is 12.5 Å². The van der Waals surface area contributed by atoms with Crippen molar-refractivity contribution in [2.24, 2.45) is 5.84 Å². The fourth-order valence-electron chi connectivity index (χ4n) is 1.06. The molecule has 0 radical (unpaired) electrons. The number of nitrogens with zero attached hydrogens (tertiary/aromatic N) is 1. The molecule has 0 saturated carbocycles. The van der Waals surface area contributed by atoms with E-state index in [2.05, 4.69) is 17.0 Å². The maximum atomic E-state index is 5.65. The zero-order valence-electron chi connectivity index (χ0n) is 7.20. The largest absolute Gasteiger partial charge is 0.271 e. The van der Waals surface area contributed by atoms with Crippen LogP contribution in [0.3, 0.4) is 0 Å². The van der Waals surface area contributed by atoms with Gasteiger partial charge in [0.25, 0.3) is 0 Å². The Morgan fingerprint density at radius 2 is 2.46 bits per heavy atom. The molecular weight excluding hydrogens is 186 g/mol. The second-order valence-corrected chi connectivity index (χ2v) is 3.05. The fraction of sp³-hybridized carbons (Fsp3) is 0.222. The van der Waals surface area contributed by atoms with E-state index in [0.717, 1.165) is 12.0 Å². The molecule has 0 spiro atoms. The van der Waals surface area contributed by atoms with Crippen molar-refractivity contribution in [3.05, 3.63) is 41.7 Å². The van der Waals surface area contributed by atoms with Crippen LogP contribution in [0, 0.1) is 0 Å². The maximum absolute atomic E-state index is 5.65. The summed E-state index contributed by atoms with van der Waals surface area (Å²) in [4.78, 5) is 3.97. The van der Waals surface area contributed by atoms with Crippen LogP contribution in [-0.2, 0) is 0 Å². The Morgan fingerprint density at radius 1 is 1.69 bits per heavy atom. The summed E-state index contributed by atoms with van der Waals surface area (Å²) in [6, 6.07) is 3.69. The van der Waals surface area contributed by atoms with Crippen LogP contribution in [0.5, 0.6) is 0 Å². The van der Waals surface area contributed by atoms with Gasteiger partial charge in [-0.15, -0.1) is 6.58 Å². The van der Waals surface area contributed by atoms with Crippen LogP contribution < -0.4 is 11.3 Å². The highest BCUT2D eigenvalue weighted by molar-refractivity contribution is 6.29. The molecule has 0 saturated heterocycles. The molecule has 4 heteroatoms. The fourth-order valence-corrected chi connectivity index (χ4v) is 1.17. The van der Waals surface area contributed by atoms with Gasteiger partial charge in [-0.1, -0.05) is 23.7 Å². The second kappa shape index (κ2) is 4.97.